The van der Waals surface area contributed by atoms with Gasteiger partial charge in [-0.15, -0.1) is 0 Å². The third-order valence-electron chi connectivity index (χ3n) is 2.09. The minimum absolute atomic E-state index is 1.06. The van der Waals surface area contributed by atoms with Crippen LogP contribution < -0.4 is 5.11 Å². The van der Waals surface area contributed by atoms with Crippen LogP contribution in [0.5, 0.6) is 0 Å². The third kappa shape index (κ3) is 1.87. The molecule has 0 aliphatic carbocycles. The molecule has 0 aromatic heterocycles. The van der Waals surface area contributed by atoms with Crippen molar-refractivity contribution in [2.24, 2.45) is 5.41 Å². The second kappa shape index (κ2) is 3.48. The maximum absolute atomic E-state index is 12.6. The maximum Gasteiger partial charge on any atom is 0.398 e. The molecule has 0 aromatic rings. The van der Waals surface area contributed by atoms with E-state index in [4.69, 9.17) is 0 Å². The lowest BCUT2D eigenvalue weighted by atomic mass is 9.89. The molecule has 0 spiro atoms. The van der Waals surface area contributed by atoms with Crippen molar-refractivity contribution >= 4 is 17.9 Å². The van der Waals surface area contributed by atoms with Crippen LogP contribution in [0.2, 0.25) is 0 Å². The van der Waals surface area contributed by atoms with Gasteiger partial charge in [0.1, 0.15) is 11.4 Å². The Kier molecular flexibility index (Phi) is 2.72. The summed E-state index contributed by atoms with van der Waals surface area (Å²) in [4.78, 5) is 32.0. The predicted octanol–water partition coefficient (Wildman–Crippen LogP) is -1.18. The van der Waals surface area contributed by atoms with E-state index in [1.54, 1.807) is 0 Å². The number of rotatable bonds is 3. The highest BCUT2D eigenvalue weighted by molar-refractivity contribution is 6.00. The van der Waals surface area contributed by atoms with Gasteiger partial charge in [-0.05, 0) is 13.8 Å². The summed E-state index contributed by atoms with van der Waals surface area (Å²) >= 11 is 0. The molecule has 0 amide bonds. The molecule has 0 radical (unpaired) electrons. The fraction of sp³-hybridized carbons (Fsp3) is 0.625. The molecule has 0 N–H and O–H groups in total. The van der Waals surface area contributed by atoms with Crippen molar-refractivity contribution in [3.05, 3.63) is 0 Å². The van der Waals surface area contributed by atoms with Gasteiger partial charge in [-0.25, -0.2) is 4.79 Å². The molecule has 1 aliphatic heterocycles. The maximum atomic E-state index is 12.6. The summed E-state index contributed by atoms with van der Waals surface area (Å²) in [5.41, 5.74) is -1.67. The van der Waals surface area contributed by atoms with E-state index in [1.807, 2.05) is 0 Å². The lowest BCUT2D eigenvalue weighted by Crippen LogP contribution is -2.49. The number of carbonyl (C=O) groups excluding carboxylic acids is 3. The van der Waals surface area contributed by atoms with E-state index in [9.17, 15) is 28.3 Å². The first-order valence-corrected chi connectivity index (χ1v) is 4.12. The van der Waals surface area contributed by atoms with Gasteiger partial charge in [0.15, 0.2) is 6.10 Å². The van der Waals surface area contributed by atoms with Gasteiger partial charge in [0.05, 0.1) is 0 Å². The Morgan fingerprint density at radius 3 is 2.31 bits per heavy atom. The highest BCUT2D eigenvalue weighted by atomic mass is 19.3. The summed E-state index contributed by atoms with van der Waals surface area (Å²) in [5.74, 6) is -5.21. The van der Waals surface area contributed by atoms with Crippen molar-refractivity contribution in [3.63, 3.8) is 0 Å². The fourth-order valence-electron chi connectivity index (χ4n) is 1.07. The van der Waals surface area contributed by atoms with Crippen LogP contribution in [0.25, 0.3) is 0 Å². The van der Waals surface area contributed by atoms with E-state index in [0.717, 1.165) is 13.8 Å². The van der Waals surface area contributed by atoms with Gasteiger partial charge in [0.2, 0.25) is 0 Å². The van der Waals surface area contributed by atoms with Crippen molar-refractivity contribution in [2.45, 2.75) is 26.1 Å². The van der Waals surface area contributed by atoms with Crippen LogP contribution in [-0.2, 0) is 23.9 Å². The molecule has 16 heavy (non-hydrogen) atoms. The topological polar surface area (TPSA) is 92.7 Å². The summed E-state index contributed by atoms with van der Waals surface area (Å²) in [5, 5.41) is 9.98. The number of hydrogen-bond donors (Lipinski definition) is 0. The number of cyclic esters (lactones) is 2. The minimum Gasteiger partial charge on any atom is -0.542 e. The summed E-state index contributed by atoms with van der Waals surface area (Å²) < 4.78 is 33.1. The summed E-state index contributed by atoms with van der Waals surface area (Å²) in [7, 11) is 0. The van der Waals surface area contributed by atoms with Crippen molar-refractivity contribution in [2.75, 3.05) is 0 Å². The average molecular weight is 237 g/mol. The summed E-state index contributed by atoms with van der Waals surface area (Å²) in [6.45, 7) is 2.24. The van der Waals surface area contributed by atoms with E-state index in [-0.39, 0.29) is 0 Å². The SMILES string of the molecule is CC1(C)C(=O)OC(=O)C1OC(F)(F)C(=O)[O-]. The molecular weight excluding hydrogens is 230 g/mol. The van der Waals surface area contributed by atoms with Crippen molar-refractivity contribution < 1.29 is 37.7 Å². The highest BCUT2D eigenvalue weighted by Gasteiger charge is 2.56. The number of halogens is 2. The van der Waals surface area contributed by atoms with E-state index in [0.29, 0.717) is 0 Å². The van der Waals surface area contributed by atoms with Gasteiger partial charge in [-0.1, -0.05) is 0 Å². The minimum atomic E-state index is -4.66. The lowest BCUT2D eigenvalue weighted by Gasteiger charge is -2.25. The molecule has 1 fully saturated rings. The van der Waals surface area contributed by atoms with Gasteiger partial charge in [0.25, 0.3) is 0 Å². The molecule has 1 unspecified atom stereocenters. The molecule has 0 saturated carbocycles. The third-order valence-corrected chi connectivity index (χ3v) is 2.09. The zero-order valence-electron chi connectivity index (χ0n) is 8.28. The first-order chi connectivity index (χ1) is 7.09. The second-order valence-corrected chi connectivity index (χ2v) is 3.73. The number of ether oxygens (including phenoxy) is 2. The molecule has 0 bridgehead atoms. The van der Waals surface area contributed by atoms with Crippen molar-refractivity contribution in [3.8, 4) is 0 Å². The number of esters is 2. The highest BCUT2D eigenvalue weighted by Crippen LogP contribution is 2.35. The quantitative estimate of drug-likeness (QED) is 0.453. The summed E-state index contributed by atoms with van der Waals surface area (Å²) in [6, 6.07) is 0. The number of hydrogen-bond acceptors (Lipinski definition) is 6. The van der Waals surface area contributed by atoms with Gasteiger partial charge in [0, 0.05) is 0 Å². The van der Waals surface area contributed by atoms with Gasteiger partial charge < -0.3 is 14.6 Å². The van der Waals surface area contributed by atoms with Crippen LogP contribution in [0.4, 0.5) is 8.78 Å². The lowest BCUT2D eigenvalue weighted by molar-refractivity contribution is -0.368. The Bertz CT molecular complexity index is 362. The number of carbonyl (C=O) groups is 3. The van der Waals surface area contributed by atoms with Crippen LogP contribution in [-0.4, -0.2) is 30.1 Å². The molecule has 1 aliphatic rings. The van der Waals surface area contributed by atoms with Gasteiger partial charge >= 0.3 is 18.0 Å². The van der Waals surface area contributed by atoms with E-state index < -0.39 is 35.5 Å². The molecular formula is C8H7F2O6-. The number of carboxylic acid groups (broad SMARTS) is 1. The normalized spacial score (nSPS) is 24.4. The van der Waals surface area contributed by atoms with E-state index >= 15 is 0 Å². The Morgan fingerprint density at radius 2 is 2.00 bits per heavy atom. The standard InChI is InChI=1S/C8H8F2O6/c1-7(2)3(4(11)15-6(7)14)16-8(9,10)5(12)13/h3H,1-2H3,(H,12,13)/p-1. The Labute approximate surface area is 88.1 Å². The van der Waals surface area contributed by atoms with Crippen molar-refractivity contribution in [1.29, 1.82) is 0 Å². The Morgan fingerprint density at radius 1 is 1.50 bits per heavy atom. The Hall–Kier alpha value is -1.57. The Balaban J connectivity index is 2.94. The monoisotopic (exact) mass is 237 g/mol. The van der Waals surface area contributed by atoms with E-state index in [1.165, 1.54) is 0 Å². The average Bonchev–Trinajstić information content (AvgIpc) is 2.28. The van der Waals surface area contributed by atoms with Crippen LogP contribution in [0, 0.1) is 5.41 Å². The zero-order chi connectivity index (χ0) is 12.7. The number of carboxylic acids is 1. The predicted molar refractivity (Wildman–Crippen MR) is 39.7 cm³/mol. The zero-order valence-corrected chi connectivity index (χ0v) is 8.28. The molecule has 1 saturated heterocycles. The number of alkyl halides is 2. The number of aliphatic carboxylic acids is 1. The molecule has 0 aromatic carbocycles. The first kappa shape index (κ1) is 12.5. The smallest absolute Gasteiger partial charge is 0.398 e. The van der Waals surface area contributed by atoms with Gasteiger partial charge in [-0.3, -0.25) is 9.53 Å². The molecule has 1 rings (SSSR count). The van der Waals surface area contributed by atoms with Crippen LogP contribution in [0.15, 0.2) is 0 Å². The first-order valence-electron chi connectivity index (χ1n) is 4.12. The van der Waals surface area contributed by atoms with Crippen molar-refractivity contribution in [1.82, 2.24) is 0 Å². The molecule has 90 valence electrons. The largest absolute Gasteiger partial charge is 0.542 e. The fourth-order valence-corrected chi connectivity index (χ4v) is 1.07. The van der Waals surface area contributed by atoms with Crippen LogP contribution in [0.1, 0.15) is 13.8 Å². The van der Waals surface area contributed by atoms with E-state index in [2.05, 4.69) is 9.47 Å². The van der Waals surface area contributed by atoms with Crippen LogP contribution >= 0.6 is 0 Å². The molecule has 6 nitrogen and oxygen atoms in total. The molecule has 8 heteroatoms. The second-order valence-electron chi connectivity index (χ2n) is 3.73. The van der Waals surface area contributed by atoms with Crippen LogP contribution in [0.3, 0.4) is 0 Å². The molecule has 1 heterocycles. The summed E-state index contributed by atoms with van der Waals surface area (Å²) in [6.07, 6.45) is -6.64. The van der Waals surface area contributed by atoms with Gasteiger partial charge in [-0.2, -0.15) is 8.78 Å². The molecule has 1 atom stereocenters.